The number of rotatable bonds is 6. The van der Waals surface area contributed by atoms with Crippen molar-refractivity contribution in [1.29, 1.82) is 0 Å². The average Bonchev–Trinajstić information content (AvgIpc) is 2.76. The first-order valence-electron chi connectivity index (χ1n) is 7.23. The molecule has 2 heterocycles. The lowest BCUT2D eigenvalue weighted by atomic mass is 10.2. The second kappa shape index (κ2) is 7.22. The van der Waals surface area contributed by atoms with Gasteiger partial charge in [-0.15, -0.1) is 11.3 Å². The number of piperazine rings is 1. The molecule has 2 rings (SSSR count). The molecule has 1 aromatic rings. The number of aliphatic hydroxyl groups excluding tert-OH is 1. The fourth-order valence-corrected chi connectivity index (χ4v) is 3.34. The SMILES string of the molecule is Cc1nc(N2CCN(CCCCCO)CC2)sc1C. The van der Waals surface area contributed by atoms with Crippen LogP contribution in [0, 0.1) is 13.8 Å². The molecule has 108 valence electrons. The van der Waals surface area contributed by atoms with Gasteiger partial charge in [0.1, 0.15) is 0 Å². The number of aliphatic hydroxyl groups is 1. The van der Waals surface area contributed by atoms with E-state index in [1.54, 1.807) is 0 Å². The summed E-state index contributed by atoms with van der Waals surface area (Å²) in [6.45, 7) is 10.2. The predicted molar refractivity (Wildman–Crippen MR) is 81.2 cm³/mol. The van der Waals surface area contributed by atoms with Crippen LogP contribution in [0.5, 0.6) is 0 Å². The van der Waals surface area contributed by atoms with Crippen LogP contribution in [-0.2, 0) is 0 Å². The van der Waals surface area contributed by atoms with Gasteiger partial charge in [0.2, 0.25) is 0 Å². The molecule has 1 saturated heterocycles. The fraction of sp³-hybridized carbons (Fsp3) is 0.786. The van der Waals surface area contributed by atoms with Crippen molar-refractivity contribution >= 4 is 16.5 Å². The molecule has 19 heavy (non-hydrogen) atoms. The zero-order valence-corrected chi connectivity index (χ0v) is 12.9. The van der Waals surface area contributed by atoms with E-state index in [1.807, 2.05) is 11.3 Å². The van der Waals surface area contributed by atoms with Gasteiger partial charge in [0.05, 0.1) is 5.69 Å². The number of aromatic nitrogens is 1. The number of hydrogen-bond acceptors (Lipinski definition) is 5. The first kappa shape index (κ1) is 14.8. The lowest BCUT2D eigenvalue weighted by Crippen LogP contribution is -2.46. The maximum absolute atomic E-state index is 8.76. The van der Waals surface area contributed by atoms with Crippen LogP contribution in [-0.4, -0.2) is 54.3 Å². The van der Waals surface area contributed by atoms with Crippen LogP contribution < -0.4 is 4.90 Å². The van der Waals surface area contributed by atoms with E-state index in [0.29, 0.717) is 6.61 Å². The number of unbranched alkanes of at least 4 members (excludes halogenated alkanes) is 2. The molecule has 0 atom stereocenters. The second-order valence-corrected chi connectivity index (χ2v) is 6.43. The molecule has 0 spiro atoms. The molecule has 5 heteroatoms. The number of aryl methyl sites for hydroxylation is 2. The van der Waals surface area contributed by atoms with Crippen molar-refractivity contribution in [3.05, 3.63) is 10.6 Å². The molecule has 0 radical (unpaired) electrons. The van der Waals surface area contributed by atoms with Crippen LogP contribution in [0.15, 0.2) is 0 Å². The third-order valence-electron chi connectivity index (χ3n) is 3.79. The predicted octanol–water partition coefficient (Wildman–Crippen LogP) is 2.04. The maximum Gasteiger partial charge on any atom is 0.185 e. The Balaban J connectivity index is 1.73. The lowest BCUT2D eigenvalue weighted by molar-refractivity contribution is 0.242. The monoisotopic (exact) mass is 283 g/mol. The van der Waals surface area contributed by atoms with Gasteiger partial charge in [0.15, 0.2) is 5.13 Å². The molecule has 0 unspecified atom stereocenters. The van der Waals surface area contributed by atoms with Crippen LogP contribution in [0.3, 0.4) is 0 Å². The van der Waals surface area contributed by atoms with E-state index in [0.717, 1.165) is 39.0 Å². The van der Waals surface area contributed by atoms with Crippen molar-refractivity contribution in [3.63, 3.8) is 0 Å². The smallest absolute Gasteiger partial charge is 0.185 e. The highest BCUT2D eigenvalue weighted by Gasteiger charge is 2.19. The molecule has 1 N–H and O–H groups in total. The topological polar surface area (TPSA) is 39.6 Å². The van der Waals surface area contributed by atoms with E-state index in [9.17, 15) is 0 Å². The summed E-state index contributed by atoms with van der Waals surface area (Å²) in [6, 6.07) is 0. The minimum absolute atomic E-state index is 0.330. The van der Waals surface area contributed by atoms with Crippen molar-refractivity contribution in [2.24, 2.45) is 0 Å². The van der Waals surface area contributed by atoms with Gasteiger partial charge in [0.25, 0.3) is 0 Å². The summed E-state index contributed by atoms with van der Waals surface area (Å²) in [7, 11) is 0. The average molecular weight is 283 g/mol. The Kier molecular flexibility index (Phi) is 5.60. The summed E-state index contributed by atoms with van der Waals surface area (Å²) in [4.78, 5) is 10.9. The molecule has 0 bridgehead atoms. The summed E-state index contributed by atoms with van der Waals surface area (Å²) in [5, 5.41) is 9.95. The third-order valence-corrected chi connectivity index (χ3v) is 4.93. The summed E-state index contributed by atoms with van der Waals surface area (Å²) < 4.78 is 0. The molecular formula is C14H25N3OS. The van der Waals surface area contributed by atoms with Crippen molar-refractivity contribution in [3.8, 4) is 0 Å². The van der Waals surface area contributed by atoms with Gasteiger partial charge in [-0.1, -0.05) is 0 Å². The number of thiazole rings is 1. The normalized spacial score (nSPS) is 17.1. The van der Waals surface area contributed by atoms with E-state index >= 15 is 0 Å². The van der Waals surface area contributed by atoms with E-state index in [1.165, 1.54) is 28.7 Å². The zero-order valence-electron chi connectivity index (χ0n) is 12.1. The molecule has 4 nitrogen and oxygen atoms in total. The van der Waals surface area contributed by atoms with Gasteiger partial charge in [0, 0.05) is 37.7 Å². The minimum Gasteiger partial charge on any atom is -0.396 e. The van der Waals surface area contributed by atoms with Crippen LogP contribution >= 0.6 is 11.3 Å². The molecule has 1 fully saturated rings. The Morgan fingerprint density at radius 2 is 1.84 bits per heavy atom. The van der Waals surface area contributed by atoms with Gasteiger partial charge < -0.3 is 10.0 Å². The highest BCUT2D eigenvalue weighted by molar-refractivity contribution is 7.15. The quantitative estimate of drug-likeness (QED) is 0.811. The van der Waals surface area contributed by atoms with E-state index in [4.69, 9.17) is 5.11 Å². The molecule has 1 aromatic heterocycles. The number of anilines is 1. The summed E-state index contributed by atoms with van der Waals surface area (Å²) >= 11 is 1.82. The van der Waals surface area contributed by atoms with Crippen LogP contribution in [0.25, 0.3) is 0 Å². The molecule has 0 amide bonds. The number of hydrogen-bond donors (Lipinski definition) is 1. The van der Waals surface area contributed by atoms with Crippen LogP contribution in [0.4, 0.5) is 5.13 Å². The first-order chi connectivity index (χ1) is 9.20. The third kappa shape index (κ3) is 4.16. The van der Waals surface area contributed by atoms with Gasteiger partial charge in [-0.05, 0) is 39.7 Å². The Labute approximate surface area is 120 Å². The second-order valence-electron chi connectivity index (χ2n) is 5.25. The summed E-state index contributed by atoms with van der Waals surface area (Å²) in [5.41, 5.74) is 1.17. The molecule has 1 aliphatic rings. The molecule has 0 saturated carbocycles. The summed E-state index contributed by atoms with van der Waals surface area (Å²) in [6.07, 6.45) is 3.29. The standard InChI is InChI=1S/C14H25N3OS/c1-12-13(2)19-14(15-12)17-9-7-16(8-10-17)6-4-3-5-11-18/h18H,3-11H2,1-2H3. The highest BCUT2D eigenvalue weighted by atomic mass is 32.1. The highest BCUT2D eigenvalue weighted by Crippen LogP contribution is 2.25. The Morgan fingerprint density at radius 1 is 1.11 bits per heavy atom. The summed E-state index contributed by atoms with van der Waals surface area (Å²) in [5.74, 6) is 0. The molecule has 0 aromatic carbocycles. The number of nitrogens with zero attached hydrogens (tertiary/aromatic N) is 3. The maximum atomic E-state index is 8.76. The Hall–Kier alpha value is -0.650. The molecule has 1 aliphatic heterocycles. The van der Waals surface area contributed by atoms with Gasteiger partial charge in [-0.25, -0.2) is 4.98 Å². The largest absolute Gasteiger partial charge is 0.396 e. The molecule has 0 aliphatic carbocycles. The Bertz CT molecular complexity index is 367. The minimum atomic E-state index is 0.330. The first-order valence-corrected chi connectivity index (χ1v) is 8.04. The van der Waals surface area contributed by atoms with Crippen LogP contribution in [0.1, 0.15) is 29.8 Å². The van der Waals surface area contributed by atoms with E-state index in [2.05, 4.69) is 28.6 Å². The Morgan fingerprint density at radius 3 is 2.42 bits per heavy atom. The van der Waals surface area contributed by atoms with Gasteiger partial charge in [-0.3, -0.25) is 4.90 Å². The van der Waals surface area contributed by atoms with Crippen molar-refractivity contribution < 1.29 is 5.11 Å². The van der Waals surface area contributed by atoms with E-state index in [-0.39, 0.29) is 0 Å². The van der Waals surface area contributed by atoms with Gasteiger partial charge in [-0.2, -0.15) is 0 Å². The van der Waals surface area contributed by atoms with Crippen molar-refractivity contribution in [2.75, 3.05) is 44.2 Å². The van der Waals surface area contributed by atoms with Gasteiger partial charge >= 0.3 is 0 Å². The van der Waals surface area contributed by atoms with Crippen molar-refractivity contribution in [2.45, 2.75) is 33.1 Å². The van der Waals surface area contributed by atoms with Crippen LogP contribution in [0.2, 0.25) is 0 Å². The van der Waals surface area contributed by atoms with E-state index < -0.39 is 0 Å². The zero-order chi connectivity index (χ0) is 13.7. The lowest BCUT2D eigenvalue weighted by Gasteiger charge is -2.34. The van der Waals surface area contributed by atoms with Crippen molar-refractivity contribution in [1.82, 2.24) is 9.88 Å². The fourth-order valence-electron chi connectivity index (χ4n) is 2.38. The molecular weight excluding hydrogens is 258 g/mol.